The van der Waals surface area contributed by atoms with Crippen molar-refractivity contribution in [2.45, 2.75) is 52.1 Å². The Bertz CT molecular complexity index is 160. The third kappa shape index (κ3) is 7.02. The fourth-order valence-corrected chi connectivity index (χ4v) is 2.38. The van der Waals surface area contributed by atoms with Crippen molar-refractivity contribution in [2.24, 2.45) is 0 Å². The van der Waals surface area contributed by atoms with E-state index in [9.17, 15) is 0 Å². The number of ether oxygens (including phenoxy) is 1. The van der Waals surface area contributed by atoms with Gasteiger partial charge in [0.25, 0.3) is 0 Å². The Labute approximate surface area is 107 Å². The summed E-state index contributed by atoms with van der Waals surface area (Å²) in [6.45, 7) is 11.3. The summed E-state index contributed by atoms with van der Waals surface area (Å²) in [5.41, 5.74) is 0. The van der Waals surface area contributed by atoms with E-state index in [1.807, 2.05) is 0 Å². The summed E-state index contributed by atoms with van der Waals surface area (Å²) in [7, 11) is 0. The molecule has 0 aromatic carbocycles. The van der Waals surface area contributed by atoms with Crippen LogP contribution < -0.4 is 5.32 Å². The molecule has 1 heterocycles. The van der Waals surface area contributed by atoms with Gasteiger partial charge >= 0.3 is 0 Å². The van der Waals surface area contributed by atoms with Crippen LogP contribution in [0.3, 0.4) is 0 Å². The van der Waals surface area contributed by atoms with Gasteiger partial charge in [0, 0.05) is 6.54 Å². The molecule has 0 bridgehead atoms. The predicted molar refractivity (Wildman–Crippen MR) is 73.5 cm³/mol. The molecule has 0 saturated carbocycles. The Kier molecular flexibility index (Phi) is 8.67. The third-order valence-corrected chi connectivity index (χ3v) is 3.57. The number of likely N-dealkylation sites (tertiary alicyclic amines) is 1. The van der Waals surface area contributed by atoms with Gasteiger partial charge in [0.1, 0.15) is 0 Å². The van der Waals surface area contributed by atoms with Crippen LogP contribution in [0.2, 0.25) is 0 Å². The smallest absolute Gasteiger partial charge is 0.0594 e. The highest BCUT2D eigenvalue weighted by Gasteiger charge is 2.09. The lowest BCUT2D eigenvalue weighted by molar-refractivity contribution is 0.0502. The average Bonchev–Trinajstić information content (AvgIpc) is 2.86. The van der Waals surface area contributed by atoms with Gasteiger partial charge in [-0.3, -0.25) is 0 Å². The van der Waals surface area contributed by atoms with Gasteiger partial charge in [-0.1, -0.05) is 13.8 Å². The Morgan fingerprint density at radius 2 is 1.82 bits per heavy atom. The van der Waals surface area contributed by atoms with Crippen LogP contribution in [0.1, 0.15) is 46.0 Å². The molecule has 3 heteroatoms. The Morgan fingerprint density at radius 1 is 1.12 bits per heavy atom. The molecule has 1 aliphatic heterocycles. The summed E-state index contributed by atoms with van der Waals surface area (Å²) in [4.78, 5) is 2.57. The minimum absolute atomic E-state index is 0.460. The van der Waals surface area contributed by atoms with E-state index < -0.39 is 0 Å². The molecule has 0 aliphatic carbocycles. The first kappa shape index (κ1) is 14.9. The lowest BCUT2D eigenvalue weighted by Gasteiger charge is -2.15. The minimum atomic E-state index is 0.460. The molecule has 0 aromatic heterocycles. The maximum absolute atomic E-state index is 5.75. The number of nitrogens with one attached hydrogen (secondary N) is 1. The number of hydrogen-bond donors (Lipinski definition) is 1. The molecule has 0 aromatic rings. The zero-order valence-corrected chi connectivity index (χ0v) is 11.7. The largest absolute Gasteiger partial charge is 0.377 e. The Balaban J connectivity index is 1.80. The van der Waals surface area contributed by atoms with E-state index >= 15 is 0 Å². The van der Waals surface area contributed by atoms with Gasteiger partial charge in [-0.2, -0.15) is 0 Å². The van der Waals surface area contributed by atoms with E-state index in [0.29, 0.717) is 6.10 Å². The monoisotopic (exact) mass is 242 g/mol. The Morgan fingerprint density at radius 3 is 2.47 bits per heavy atom. The molecule has 1 rings (SSSR count). The molecule has 0 radical (unpaired) electrons. The molecular formula is C14H30N2O. The highest BCUT2D eigenvalue weighted by molar-refractivity contribution is 4.66. The number of rotatable bonds is 10. The van der Waals surface area contributed by atoms with Crippen molar-refractivity contribution in [3.8, 4) is 0 Å². The molecule has 0 amide bonds. The van der Waals surface area contributed by atoms with Crippen LogP contribution in [-0.4, -0.2) is 50.3 Å². The van der Waals surface area contributed by atoms with Crippen LogP contribution in [0, 0.1) is 0 Å². The van der Waals surface area contributed by atoms with E-state index in [1.54, 1.807) is 0 Å². The molecule has 0 unspecified atom stereocenters. The summed E-state index contributed by atoms with van der Waals surface area (Å²) < 4.78 is 5.75. The second kappa shape index (κ2) is 9.86. The summed E-state index contributed by atoms with van der Waals surface area (Å²) in [6.07, 6.45) is 6.79. The summed E-state index contributed by atoms with van der Waals surface area (Å²) in [6, 6.07) is 0. The van der Waals surface area contributed by atoms with Gasteiger partial charge in [-0.05, 0) is 58.3 Å². The van der Waals surface area contributed by atoms with Crippen LogP contribution in [-0.2, 0) is 4.74 Å². The van der Waals surface area contributed by atoms with Crippen molar-refractivity contribution in [3.05, 3.63) is 0 Å². The molecule has 0 atom stereocenters. The van der Waals surface area contributed by atoms with Gasteiger partial charge in [-0.15, -0.1) is 0 Å². The fraction of sp³-hybridized carbons (Fsp3) is 1.00. The van der Waals surface area contributed by atoms with Gasteiger partial charge in [-0.25, -0.2) is 0 Å². The second-order valence-electron chi connectivity index (χ2n) is 4.96. The van der Waals surface area contributed by atoms with Crippen LogP contribution >= 0.6 is 0 Å². The van der Waals surface area contributed by atoms with E-state index in [0.717, 1.165) is 32.5 Å². The van der Waals surface area contributed by atoms with Gasteiger partial charge < -0.3 is 15.0 Å². The molecular weight excluding hydrogens is 212 g/mol. The zero-order chi connectivity index (χ0) is 12.3. The molecule has 0 spiro atoms. The van der Waals surface area contributed by atoms with Crippen molar-refractivity contribution >= 4 is 0 Å². The molecule has 1 fully saturated rings. The van der Waals surface area contributed by atoms with Crippen molar-refractivity contribution in [1.29, 1.82) is 0 Å². The first-order valence-corrected chi connectivity index (χ1v) is 7.41. The van der Waals surface area contributed by atoms with Crippen LogP contribution in [0.5, 0.6) is 0 Å². The lowest BCUT2D eigenvalue weighted by Crippen LogP contribution is -2.27. The van der Waals surface area contributed by atoms with E-state index in [-0.39, 0.29) is 0 Å². The highest BCUT2D eigenvalue weighted by atomic mass is 16.5. The zero-order valence-electron chi connectivity index (χ0n) is 11.7. The molecule has 17 heavy (non-hydrogen) atoms. The molecule has 3 nitrogen and oxygen atoms in total. The summed E-state index contributed by atoms with van der Waals surface area (Å²) in [5.74, 6) is 0. The van der Waals surface area contributed by atoms with E-state index in [4.69, 9.17) is 4.74 Å². The van der Waals surface area contributed by atoms with Crippen molar-refractivity contribution in [2.75, 3.05) is 39.3 Å². The molecule has 1 aliphatic rings. The maximum Gasteiger partial charge on any atom is 0.0594 e. The van der Waals surface area contributed by atoms with Crippen molar-refractivity contribution < 1.29 is 4.74 Å². The summed E-state index contributed by atoms with van der Waals surface area (Å²) >= 11 is 0. The first-order valence-electron chi connectivity index (χ1n) is 7.41. The summed E-state index contributed by atoms with van der Waals surface area (Å²) in [5, 5.41) is 3.46. The molecule has 1 N–H and O–H groups in total. The normalized spacial score (nSPS) is 17.1. The molecule has 1 saturated heterocycles. The maximum atomic E-state index is 5.75. The predicted octanol–water partition coefficient (Wildman–Crippen LogP) is 2.27. The van der Waals surface area contributed by atoms with E-state index in [2.05, 4.69) is 24.1 Å². The minimum Gasteiger partial charge on any atom is -0.377 e. The quantitative estimate of drug-likeness (QED) is 0.595. The average molecular weight is 242 g/mol. The SMILES string of the molecule is CCC(CC)OCCNCCCN1CCCC1. The second-order valence-corrected chi connectivity index (χ2v) is 4.96. The fourth-order valence-electron chi connectivity index (χ4n) is 2.38. The topological polar surface area (TPSA) is 24.5 Å². The number of nitrogens with zero attached hydrogens (tertiary/aromatic N) is 1. The highest BCUT2D eigenvalue weighted by Crippen LogP contribution is 2.06. The van der Waals surface area contributed by atoms with Crippen molar-refractivity contribution in [3.63, 3.8) is 0 Å². The van der Waals surface area contributed by atoms with E-state index in [1.165, 1.54) is 38.9 Å². The Hall–Kier alpha value is -0.120. The van der Waals surface area contributed by atoms with Gasteiger partial charge in [0.15, 0.2) is 0 Å². The van der Waals surface area contributed by atoms with Gasteiger partial charge in [0.05, 0.1) is 12.7 Å². The third-order valence-electron chi connectivity index (χ3n) is 3.57. The van der Waals surface area contributed by atoms with Crippen LogP contribution in [0.25, 0.3) is 0 Å². The van der Waals surface area contributed by atoms with Crippen molar-refractivity contribution in [1.82, 2.24) is 10.2 Å². The van der Waals surface area contributed by atoms with Crippen LogP contribution in [0.4, 0.5) is 0 Å². The first-order chi connectivity index (χ1) is 8.36. The van der Waals surface area contributed by atoms with Gasteiger partial charge in [0.2, 0.25) is 0 Å². The van der Waals surface area contributed by atoms with Crippen LogP contribution in [0.15, 0.2) is 0 Å². The standard InChI is InChI=1S/C14H30N2O/c1-3-14(4-2)17-13-9-15-8-7-12-16-10-5-6-11-16/h14-15H,3-13H2,1-2H3. The lowest BCUT2D eigenvalue weighted by atomic mass is 10.2. The number of hydrogen-bond acceptors (Lipinski definition) is 3. The molecule has 102 valence electrons.